The van der Waals surface area contributed by atoms with Crippen molar-refractivity contribution in [3.8, 4) is 78.3 Å². The van der Waals surface area contributed by atoms with Crippen molar-refractivity contribution >= 4 is 10.9 Å². The first-order valence-corrected chi connectivity index (χ1v) is 20.3. The summed E-state index contributed by atoms with van der Waals surface area (Å²) in [4.78, 5) is 10.6. The molecule has 10 aromatic rings. The predicted octanol–water partition coefficient (Wildman–Crippen LogP) is 14.3. The van der Waals surface area contributed by atoms with Gasteiger partial charge in [0.25, 0.3) is 0 Å². The van der Waals surface area contributed by atoms with E-state index in [2.05, 4.69) is 218 Å². The van der Waals surface area contributed by atoms with Crippen LogP contribution < -0.4 is 0 Å². The van der Waals surface area contributed by atoms with E-state index in [9.17, 15) is 0 Å². The molecule has 0 N–H and O–H groups in total. The average molecular weight is 749 g/mol. The number of nitrogens with zero attached hydrogens (tertiary/aromatic N) is 2. The molecule has 1 aromatic heterocycles. The van der Waals surface area contributed by atoms with E-state index in [4.69, 9.17) is 9.97 Å². The van der Waals surface area contributed by atoms with Gasteiger partial charge in [0.2, 0.25) is 0 Å². The van der Waals surface area contributed by atoms with Gasteiger partial charge in [-0.2, -0.15) is 0 Å². The smallest absolute Gasteiger partial charge is 0.160 e. The highest BCUT2D eigenvalue weighted by atomic mass is 14.9. The van der Waals surface area contributed by atoms with Gasteiger partial charge in [-0.25, -0.2) is 9.97 Å². The summed E-state index contributed by atoms with van der Waals surface area (Å²) in [5.41, 5.74) is 21.1. The number of aromatic nitrogens is 2. The molecule has 0 atom stereocenters. The fraction of sp³-hybridized carbons (Fsp3) is 0.0175. The van der Waals surface area contributed by atoms with Crippen LogP contribution in [0.25, 0.3) is 89.2 Å². The first-order chi connectivity index (χ1) is 29.3. The Bertz CT molecular complexity index is 3190. The third-order valence-electron chi connectivity index (χ3n) is 12.5. The van der Waals surface area contributed by atoms with Crippen LogP contribution in [0.2, 0.25) is 0 Å². The molecule has 0 saturated carbocycles. The van der Waals surface area contributed by atoms with Crippen LogP contribution in [0.3, 0.4) is 0 Å². The summed E-state index contributed by atoms with van der Waals surface area (Å²) in [5, 5.41) is 1.02. The van der Waals surface area contributed by atoms with Crippen molar-refractivity contribution in [1.82, 2.24) is 9.97 Å². The lowest BCUT2D eigenvalue weighted by Gasteiger charge is -2.30. The zero-order valence-electron chi connectivity index (χ0n) is 32.2. The minimum Gasteiger partial charge on any atom is -0.228 e. The van der Waals surface area contributed by atoms with Crippen LogP contribution in [-0.4, -0.2) is 9.97 Å². The van der Waals surface area contributed by atoms with Gasteiger partial charge in [0.1, 0.15) is 0 Å². The Balaban J connectivity index is 1.05. The van der Waals surface area contributed by atoms with Crippen LogP contribution in [0, 0.1) is 0 Å². The van der Waals surface area contributed by atoms with E-state index >= 15 is 0 Å². The van der Waals surface area contributed by atoms with Gasteiger partial charge in [0.15, 0.2) is 5.82 Å². The molecule has 1 spiro atoms. The number of rotatable bonds is 5. The molecule has 0 unspecified atom stereocenters. The lowest BCUT2D eigenvalue weighted by atomic mass is 9.70. The van der Waals surface area contributed by atoms with E-state index in [1.165, 1.54) is 72.3 Å². The zero-order chi connectivity index (χ0) is 38.9. The second-order valence-electron chi connectivity index (χ2n) is 15.6. The van der Waals surface area contributed by atoms with Crippen molar-refractivity contribution in [3.63, 3.8) is 0 Å². The van der Waals surface area contributed by atoms with Gasteiger partial charge in [0, 0.05) is 16.5 Å². The second-order valence-corrected chi connectivity index (χ2v) is 15.6. The standard InChI is InChI=1S/C57H36N2/c1-3-14-37(15-4-1)39-26-30-41(31-27-39)55-48-36-43(34-35-53(48)58-56(59-55)42-32-28-40(29-33-42)38-16-5-2-6-17-38)44-21-13-25-52-54(44)47-20-9-12-24-51(47)57(52)49-22-10-7-18-45(49)46-19-8-11-23-50(46)57/h1-36H. The van der Waals surface area contributed by atoms with Gasteiger partial charge in [-0.15, -0.1) is 0 Å². The Kier molecular flexibility index (Phi) is 7.48. The molecule has 1 heterocycles. The van der Waals surface area contributed by atoms with Crippen molar-refractivity contribution in [2.24, 2.45) is 0 Å². The zero-order valence-corrected chi connectivity index (χ0v) is 32.2. The minimum absolute atomic E-state index is 0.397. The Morgan fingerprint density at radius 2 is 0.729 bits per heavy atom. The highest BCUT2D eigenvalue weighted by Gasteiger charge is 2.51. The lowest BCUT2D eigenvalue weighted by molar-refractivity contribution is 0.794. The van der Waals surface area contributed by atoms with Gasteiger partial charge in [-0.1, -0.05) is 206 Å². The molecule has 59 heavy (non-hydrogen) atoms. The van der Waals surface area contributed by atoms with Crippen LogP contribution >= 0.6 is 0 Å². The van der Waals surface area contributed by atoms with Crippen LogP contribution in [0.5, 0.6) is 0 Å². The SMILES string of the molecule is c1ccc(-c2ccc(-c3nc(-c4ccc(-c5ccccc5)cc4)c4cc(-c5cccc6c5-c5ccccc5C65c6ccccc6-c6ccccc65)ccc4n3)cc2)cc1. The lowest BCUT2D eigenvalue weighted by Crippen LogP contribution is -2.25. The van der Waals surface area contributed by atoms with Crippen LogP contribution in [0.4, 0.5) is 0 Å². The number of hydrogen-bond acceptors (Lipinski definition) is 2. The molecule has 0 bridgehead atoms. The molecule has 2 nitrogen and oxygen atoms in total. The summed E-state index contributed by atoms with van der Waals surface area (Å²) in [6.45, 7) is 0. The van der Waals surface area contributed by atoms with E-state index in [1.54, 1.807) is 0 Å². The molecule has 0 radical (unpaired) electrons. The normalized spacial score (nSPS) is 12.9. The maximum absolute atomic E-state index is 5.39. The summed E-state index contributed by atoms with van der Waals surface area (Å²) in [5.74, 6) is 0.710. The van der Waals surface area contributed by atoms with Gasteiger partial charge < -0.3 is 0 Å². The summed E-state index contributed by atoms with van der Waals surface area (Å²) >= 11 is 0. The molecular weight excluding hydrogens is 713 g/mol. The molecule has 0 fully saturated rings. The molecule has 0 saturated heterocycles. The fourth-order valence-corrected chi connectivity index (χ4v) is 9.92. The Labute approximate surface area is 343 Å². The first-order valence-electron chi connectivity index (χ1n) is 20.3. The van der Waals surface area contributed by atoms with Crippen molar-refractivity contribution in [1.29, 1.82) is 0 Å². The molecule has 2 heteroatoms. The third-order valence-corrected chi connectivity index (χ3v) is 12.5. The van der Waals surface area contributed by atoms with Crippen molar-refractivity contribution < 1.29 is 0 Å². The fourth-order valence-electron chi connectivity index (χ4n) is 9.92. The Morgan fingerprint density at radius 3 is 1.34 bits per heavy atom. The molecule has 2 aliphatic carbocycles. The number of hydrogen-bond donors (Lipinski definition) is 0. The molecule has 274 valence electrons. The van der Waals surface area contributed by atoms with Gasteiger partial charge >= 0.3 is 0 Å². The number of benzene rings is 9. The van der Waals surface area contributed by atoms with Crippen LogP contribution in [0.1, 0.15) is 22.3 Å². The predicted molar refractivity (Wildman–Crippen MR) is 243 cm³/mol. The highest BCUT2D eigenvalue weighted by molar-refractivity contribution is 6.02. The molecule has 0 amide bonds. The summed E-state index contributed by atoms with van der Waals surface area (Å²) in [7, 11) is 0. The first kappa shape index (κ1) is 33.5. The highest BCUT2D eigenvalue weighted by Crippen LogP contribution is 2.64. The van der Waals surface area contributed by atoms with Gasteiger partial charge in [-0.3, -0.25) is 0 Å². The van der Waals surface area contributed by atoms with Crippen molar-refractivity contribution in [3.05, 3.63) is 241 Å². The van der Waals surface area contributed by atoms with E-state index in [-0.39, 0.29) is 0 Å². The Hall–Kier alpha value is -7.68. The number of fused-ring (bicyclic) bond motifs is 11. The monoisotopic (exact) mass is 748 g/mol. The van der Waals surface area contributed by atoms with Crippen LogP contribution in [-0.2, 0) is 5.41 Å². The maximum atomic E-state index is 5.39. The van der Waals surface area contributed by atoms with E-state index in [1.807, 2.05) is 0 Å². The third kappa shape index (κ3) is 5.06. The molecule has 2 aliphatic rings. The van der Waals surface area contributed by atoms with E-state index < -0.39 is 5.41 Å². The summed E-state index contributed by atoms with van der Waals surface area (Å²) in [6.07, 6.45) is 0. The largest absolute Gasteiger partial charge is 0.228 e. The molecular formula is C57H36N2. The minimum atomic E-state index is -0.397. The molecule has 12 rings (SSSR count). The van der Waals surface area contributed by atoms with E-state index in [0.29, 0.717) is 5.82 Å². The van der Waals surface area contributed by atoms with Gasteiger partial charge in [0.05, 0.1) is 16.6 Å². The van der Waals surface area contributed by atoms with Crippen molar-refractivity contribution in [2.75, 3.05) is 0 Å². The second kappa shape index (κ2) is 13.2. The van der Waals surface area contributed by atoms with Crippen molar-refractivity contribution in [2.45, 2.75) is 5.41 Å². The quantitative estimate of drug-likeness (QED) is 0.175. The average Bonchev–Trinajstić information content (AvgIpc) is 3.79. The summed E-state index contributed by atoms with van der Waals surface area (Å²) in [6, 6.07) is 79.1. The Morgan fingerprint density at radius 1 is 0.288 bits per heavy atom. The maximum Gasteiger partial charge on any atom is 0.160 e. The van der Waals surface area contributed by atoms with Gasteiger partial charge in [-0.05, 0) is 90.0 Å². The molecule has 9 aromatic carbocycles. The summed E-state index contributed by atoms with van der Waals surface area (Å²) < 4.78 is 0. The topological polar surface area (TPSA) is 25.8 Å². The van der Waals surface area contributed by atoms with Crippen LogP contribution in [0.15, 0.2) is 218 Å². The molecule has 0 aliphatic heterocycles. The van der Waals surface area contributed by atoms with E-state index in [0.717, 1.165) is 33.3 Å².